The van der Waals surface area contributed by atoms with Crippen LogP contribution in [0.2, 0.25) is 0 Å². The maximum Gasteiger partial charge on any atom is 0.251 e. The van der Waals surface area contributed by atoms with E-state index >= 15 is 0 Å². The van der Waals surface area contributed by atoms with Crippen molar-refractivity contribution < 1.29 is 14.3 Å². The minimum atomic E-state index is -0.237. The molecule has 0 radical (unpaired) electrons. The first-order valence-corrected chi connectivity index (χ1v) is 12.8. The van der Waals surface area contributed by atoms with Crippen molar-refractivity contribution in [2.24, 2.45) is 0 Å². The first kappa shape index (κ1) is 25.5. The van der Waals surface area contributed by atoms with Gasteiger partial charge in [-0.2, -0.15) is 0 Å². The average Bonchev–Trinajstić information content (AvgIpc) is 3.30. The van der Waals surface area contributed by atoms with Crippen LogP contribution < -0.4 is 15.4 Å². The van der Waals surface area contributed by atoms with Crippen LogP contribution in [0.5, 0.6) is 5.75 Å². The van der Waals surface area contributed by atoms with Crippen molar-refractivity contribution in [1.29, 1.82) is 0 Å². The predicted octanol–water partition coefficient (Wildman–Crippen LogP) is 5.01. The maximum absolute atomic E-state index is 12.7. The molecule has 0 aliphatic carbocycles. The van der Waals surface area contributed by atoms with E-state index in [2.05, 4.69) is 36.8 Å². The van der Waals surface area contributed by atoms with Crippen molar-refractivity contribution >= 4 is 45.2 Å². The van der Waals surface area contributed by atoms with Gasteiger partial charge in [0.2, 0.25) is 5.91 Å². The summed E-state index contributed by atoms with van der Waals surface area (Å²) in [5.41, 5.74) is 3.14. The number of benzene rings is 3. The number of aromatic nitrogens is 3. The third kappa shape index (κ3) is 6.52. The summed E-state index contributed by atoms with van der Waals surface area (Å²) in [5, 5.41) is 14.9. The third-order valence-electron chi connectivity index (χ3n) is 5.18. The quantitative estimate of drug-likeness (QED) is 0.277. The van der Waals surface area contributed by atoms with Gasteiger partial charge < -0.3 is 15.4 Å². The SMILES string of the molecule is COc1ccc(C(=O)NCc2nnc(SCC(=O)Nc3ccc(Br)cc3)n2-c2cccc(C)c2)cc1. The summed E-state index contributed by atoms with van der Waals surface area (Å²) in [5.74, 6) is 0.989. The van der Waals surface area contributed by atoms with E-state index in [4.69, 9.17) is 4.74 Å². The second kappa shape index (κ2) is 11.9. The van der Waals surface area contributed by atoms with Crippen molar-refractivity contribution in [2.45, 2.75) is 18.6 Å². The number of nitrogens with zero attached hydrogens (tertiary/aromatic N) is 3. The molecule has 0 atom stereocenters. The zero-order valence-corrected chi connectivity index (χ0v) is 22.1. The molecule has 2 amide bonds. The molecule has 0 aliphatic heterocycles. The fourth-order valence-electron chi connectivity index (χ4n) is 3.40. The van der Waals surface area contributed by atoms with Crippen LogP contribution in [-0.2, 0) is 11.3 Å². The number of halogens is 1. The lowest BCUT2D eigenvalue weighted by Gasteiger charge is -2.12. The molecule has 0 unspecified atom stereocenters. The van der Waals surface area contributed by atoms with Crippen LogP contribution in [0.3, 0.4) is 0 Å². The Hall–Kier alpha value is -3.63. The van der Waals surface area contributed by atoms with Crippen molar-refractivity contribution in [3.63, 3.8) is 0 Å². The van der Waals surface area contributed by atoms with Gasteiger partial charge in [-0.1, -0.05) is 39.8 Å². The van der Waals surface area contributed by atoms with Gasteiger partial charge in [0, 0.05) is 21.4 Å². The lowest BCUT2D eigenvalue weighted by molar-refractivity contribution is -0.113. The molecule has 0 saturated heterocycles. The summed E-state index contributed by atoms with van der Waals surface area (Å²) in [7, 11) is 1.58. The second-order valence-corrected chi connectivity index (χ2v) is 9.69. The Balaban J connectivity index is 1.49. The van der Waals surface area contributed by atoms with Gasteiger partial charge in [-0.25, -0.2) is 0 Å². The number of hydrogen-bond acceptors (Lipinski definition) is 6. The van der Waals surface area contributed by atoms with E-state index < -0.39 is 0 Å². The van der Waals surface area contributed by atoms with Gasteiger partial charge in [0.1, 0.15) is 5.75 Å². The van der Waals surface area contributed by atoms with Crippen molar-refractivity contribution in [2.75, 3.05) is 18.2 Å². The van der Waals surface area contributed by atoms with Gasteiger partial charge in [0.25, 0.3) is 5.91 Å². The number of thioether (sulfide) groups is 1. The van der Waals surface area contributed by atoms with Gasteiger partial charge in [-0.3, -0.25) is 14.2 Å². The molecule has 8 nitrogen and oxygen atoms in total. The number of hydrogen-bond donors (Lipinski definition) is 2. The van der Waals surface area contributed by atoms with Crippen LogP contribution in [0.4, 0.5) is 5.69 Å². The summed E-state index contributed by atoms with van der Waals surface area (Å²) >= 11 is 4.66. The minimum Gasteiger partial charge on any atom is -0.497 e. The van der Waals surface area contributed by atoms with Gasteiger partial charge in [-0.05, 0) is 73.2 Å². The average molecular weight is 566 g/mol. The highest BCUT2D eigenvalue weighted by atomic mass is 79.9. The number of anilines is 1. The Morgan fingerprint density at radius 3 is 2.47 bits per heavy atom. The molecule has 0 bridgehead atoms. The Morgan fingerprint density at radius 2 is 1.78 bits per heavy atom. The van der Waals surface area contributed by atoms with Crippen LogP contribution in [0, 0.1) is 6.92 Å². The number of ether oxygens (including phenoxy) is 1. The molecule has 1 heterocycles. The van der Waals surface area contributed by atoms with Crippen LogP contribution in [0.15, 0.2) is 82.4 Å². The molecule has 0 spiro atoms. The molecule has 3 aromatic carbocycles. The summed E-state index contributed by atoms with van der Waals surface area (Å²) < 4.78 is 7.94. The Labute approximate surface area is 221 Å². The molecule has 4 rings (SSSR count). The zero-order valence-electron chi connectivity index (χ0n) is 19.7. The number of aryl methyl sites for hydroxylation is 1. The van der Waals surface area contributed by atoms with E-state index in [0.29, 0.717) is 28.0 Å². The normalized spacial score (nSPS) is 10.6. The highest BCUT2D eigenvalue weighted by Crippen LogP contribution is 2.23. The molecule has 2 N–H and O–H groups in total. The Morgan fingerprint density at radius 1 is 1.03 bits per heavy atom. The third-order valence-corrected chi connectivity index (χ3v) is 6.64. The highest BCUT2D eigenvalue weighted by molar-refractivity contribution is 9.10. The largest absolute Gasteiger partial charge is 0.497 e. The van der Waals surface area contributed by atoms with E-state index in [1.165, 1.54) is 11.8 Å². The molecule has 0 aliphatic rings. The Kier molecular flexibility index (Phi) is 8.40. The van der Waals surface area contributed by atoms with Gasteiger partial charge >= 0.3 is 0 Å². The van der Waals surface area contributed by atoms with Crippen LogP contribution in [0.1, 0.15) is 21.7 Å². The van der Waals surface area contributed by atoms with Gasteiger partial charge in [0.05, 0.1) is 19.4 Å². The standard InChI is InChI=1S/C26H24BrN5O3S/c1-17-4-3-5-21(14-17)32-23(15-28-25(34)18-6-12-22(35-2)13-7-18)30-31-26(32)36-16-24(33)29-20-10-8-19(27)9-11-20/h3-14H,15-16H2,1-2H3,(H,28,34)(H,29,33). The summed E-state index contributed by atoms with van der Waals surface area (Å²) in [4.78, 5) is 25.2. The lowest BCUT2D eigenvalue weighted by atomic mass is 10.2. The molecule has 184 valence electrons. The van der Waals surface area contributed by atoms with Gasteiger partial charge in [-0.15, -0.1) is 10.2 Å². The van der Waals surface area contributed by atoms with Gasteiger partial charge in [0.15, 0.2) is 11.0 Å². The van der Waals surface area contributed by atoms with Crippen LogP contribution >= 0.6 is 27.7 Å². The fourth-order valence-corrected chi connectivity index (χ4v) is 4.43. The first-order valence-electron chi connectivity index (χ1n) is 11.0. The van der Waals surface area contributed by atoms with Crippen molar-refractivity contribution in [3.05, 3.63) is 94.2 Å². The molecular formula is C26H24BrN5O3S. The summed E-state index contributed by atoms with van der Waals surface area (Å²) in [6, 6.07) is 22.1. The number of rotatable bonds is 9. The number of nitrogens with one attached hydrogen (secondary N) is 2. The van der Waals surface area contributed by atoms with E-state index in [9.17, 15) is 9.59 Å². The van der Waals surface area contributed by atoms with E-state index in [1.54, 1.807) is 31.4 Å². The molecule has 0 saturated carbocycles. The monoisotopic (exact) mass is 565 g/mol. The molecule has 1 aromatic heterocycles. The zero-order chi connectivity index (χ0) is 25.5. The second-order valence-electron chi connectivity index (χ2n) is 7.83. The smallest absolute Gasteiger partial charge is 0.251 e. The fraction of sp³-hybridized carbons (Fsp3) is 0.154. The van der Waals surface area contributed by atoms with E-state index in [0.717, 1.165) is 15.7 Å². The summed E-state index contributed by atoms with van der Waals surface area (Å²) in [6.07, 6.45) is 0. The molecule has 0 fully saturated rings. The lowest BCUT2D eigenvalue weighted by Crippen LogP contribution is -2.24. The highest BCUT2D eigenvalue weighted by Gasteiger charge is 2.17. The number of carbonyl (C=O) groups excluding carboxylic acids is 2. The molecule has 36 heavy (non-hydrogen) atoms. The van der Waals surface area contributed by atoms with E-state index in [-0.39, 0.29) is 24.1 Å². The number of carbonyl (C=O) groups is 2. The summed E-state index contributed by atoms with van der Waals surface area (Å²) in [6.45, 7) is 2.16. The number of amides is 2. The minimum absolute atomic E-state index is 0.151. The predicted molar refractivity (Wildman–Crippen MR) is 144 cm³/mol. The molecule has 10 heteroatoms. The molecular weight excluding hydrogens is 542 g/mol. The topological polar surface area (TPSA) is 98.1 Å². The Bertz CT molecular complexity index is 1360. The van der Waals surface area contributed by atoms with E-state index in [1.807, 2.05) is 60.0 Å². The van der Waals surface area contributed by atoms with Crippen molar-refractivity contribution in [3.8, 4) is 11.4 Å². The van der Waals surface area contributed by atoms with Crippen LogP contribution in [-0.4, -0.2) is 39.4 Å². The molecule has 4 aromatic rings. The maximum atomic E-state index is 12.7. The number of methoxy groups -OCH3 is 1. The first-order chi connectivity index (χ1) is 17.4. The van der Waals surface area contributed by atoms with Crippen LogP contribution in [0.25, 0.3) is 5.69 Å². The van der Waals surface area contributed by atoms with Crippen molar-refractivity contribution in [1.82, 2.24) is 20.1 Å².